The topological polar surface area (TPSA) is 46.5 Å². The van der Waals surface area contributed by atoms with Crippen molar-refractivity contribution in [3.05, 3.63) is 70.8 Å². The Morgan fingerprint density at radius 2 is 1.81 bits per heavy atom. The largest absolute Gasteiger partial charge is 0.292 e. The van der Waals surface area contributed by atoms with Crippen LogP contribution in [0.2, 0.25) is 0 Å². The molecule has 0 radical (unpaired) electrons. The molecule has 0 N–H and O–H groups in total. The van der Waals surface area contributed by atoms with Gasteiger partial charge in [-0.15, -0.1) is 0 Å². The van der Waals surface area contributed by atoms with E-state index in [0.717, 1.165) is 16.7 Å². The van der Waals surface area contributed by atoms with Gasteiger partial charge in [-0.2, -0.15) is 0 Å². The highest BCUT2D eigenvalue weighted by Gasteiger charge is 2.25. The van der Waals surface area contributed by atoms with Gasteiger partial charge in [-0.1, -0.05) is 54.1 Å². The second-order valence-electron chi connectivity index (χ2n) is 5.21. The standard InChI is InChI=1S/C18H15NO2/c1-12-6-8-13(9-7-12)17(21)11-19-18-15-5-3-2-4-14(15)10-16(18)20/h2-9H,10-11H2,1H3. The van der Waals surface area contributed by atoms with Crippen LogP contribution in [0.15, 0.2) is 53.5 Å². The van der Waals surface area contributed by atoms with Crippen molar-refractivity contribution in [1.29, 1.82) is 0 Å². The van der Waals surface area contributed by atoms with Gasteiger partial charge in [0.15, 0.2) is 11.6 Å². The zero-order valence-corrected chi connectivity index (χ0v) is 11.8. The minimum absolute atomic E-state index is 0.00657. The molecule has 2 aromatic rings. The van der Waals surface area contributed by atoms with E-state index in [2.05, 4.69) is 4.99 Å². The minimum atomic E-state index is -0.0697. The summed E-state index contributed by atoms with van der Waals surface area (Å²) in [7, 11) is 0. The van der Waals surface area contributed by atoms with E-state index in [1.54, 1.807) is 12.1 Å². The lowest BCUT2D eigenvalue weighted by atomic mass is 10.1. The Morgan fingerprint density at radius 1 is 1.10 bits per heavy atom. The summed E-state index contributed by atoms with van der Waals surface area (Å²) in [5.41, 5.74) is 4.02. The number of fused-ring (bicyclic) bond motifs is 1. The first kappa shape index (κ1) is 13.4. The highest BCUT2D eigenvalue weighted by atomic mass is 16.1. The molecule has 1 aliphatic rings. The van der Waals surface area contributed by atoms with Crippen LogP contribution in [0.3, 0.4) is 0 Å². The second-order valence-corrected chi connectivity index (χ2v) is 5.21. The molecule has 0 unspecified atom stereocenters. The lowest BCUT2D eigenvalue weighted by molar-refractivity contribution is -0.112. The van der Waals surface area contributed by atoms with E-state index in [1.807, 2.05) is 43.3 Å². The van der Waals surface area contributed by atoms with Crippen molar-refractivity contribution in [2.75, 3.05) is 6.54 Å². The van der Waals surface area contributed by atoms with Crippen molar-refractivity contribution in [3.63, 3.8) is 0 Å². The van der Waals surface area contributed by atoms with Crippen molar-refractivity contribution in [3.8, 4) is 0 Å². The van der Waals surface area contributed by atoms with Gasteiger partial charge in [0, 0.05) is 17.5 Å². The van der Waals surface area contributed by atoms with Crippen LogP contribution >= 0.6 is 0 Å². The number of aryl methyl sites for hydroxylation is 1. The van der Waals surface area contributed by atoms with E-state index in [9.17, 15) is 9.59 Å². The molecule has 3 heteroatoms. The third-order valence-corrected chi connectivity index (χ3v) is 3.64. The monoisotopic (exact) mass is 277 g/mol. The second kappa shape index (κ2) is 5.44. The maximum absolute atomic E-state index is 12.1. The van der Waals surface area contributed by atoms with Gasteiger partial charge in [0.2, 0.25) is 0 Å². The van der Waals surface area contributed by atoms with Gasteiger partial charge >= 0.3 is 0 Å². The van der Waals surface area contributed by atoms with Crippen LogP contribution in [0.1, 0.15) is 27.0 Å². The fourth-order valence-electron chi connectivity index (χ4n) is 2.47. The molecular weight excluding hydrogens is 262 g/mol. The van der Waals surface area contributed by atoms with Crippen molar-refractivity contribution in [2.24, 2.45) is 4.99 Å². The van der Waals surface area contributed by atoms with Crippen molar-refractivity contribution in [2.45, 2.75) is 13.3 Å². The molecule has 1 aliphatic carbocycles. The van der Waals surface area contributed by atoms with Crippen molar-refractivity contribution in [1.82, 2.24) is 0 Å². The predicted octanol–water partition coefficient (Wildman–Crippen LogP) is 2.79. The van der Waals surface area contributed by atoms with Crippen LogP contribution in [-0.4, -0.2) is 23.8 Å². The van der Waals surface area contributed by atoms with Gasteiger partial charge in [-0.25, -0.2) is 0 Å². The molecule has 2 aromatic carbocycles. The molecule has 3 nitrogen and oxygen atoms in total. The summed E-state index contributed by atoms with van der Waals surface area (Å²) < 4.78 is 0. The molecule has 0 aliphatic heterocycles. The van der Waals surface area contributed by atoms with Crippen LogP contribution in [0, 0.1) is 6.92 Å². The molecule has 0 fully saturated rings. The summed E-state index contributed by atoms with van der Waals surface area (Å²) >= 11 is 0. The van der Waals surface area contributed by atoms with Crippen LogP contribution in [0.25, 0.3) is 0 Å². The fourth-order valence-corrected chi connectivity index (χ4v) is 2.47. The molecule has 0 heterocycles. The fraction of sp³-hybridized carbons (Fsp3) is 0.167. The van der Waals surface area contributed by atoms with Gasteiger partial charge < -0.3 is 0 Å². The first-order valence-corrected chi connectivity index (χ1v) is 6.91. The maximum atomic E-state index is 12.1. The molecule has 0 bridgehead atoms. The first-order valence-electron chi connectivity index (χ1n) is 6.91. The van der Waals surface area contributed by atoms with E-state index in [-0.39, 0.29) is 18.1 Å². The number of hydrogen-bond donors (Lipinski definition) is 0. The molecular formula is C18H15NO2. The van der Waals surface area contributed by atoms with Crippen LogP contribution in [0.5, 0.6) is 0 Å². The normalized spacial score (nSPS) is 15.3. The molecule has 0 aromatic heterocycles. The zero-order valence-electron chi connectivity index (χ0n) is 11.8. The first-order chi connectivity index (χ1) is 10.1. The minimum Gasteiger partial charge on any atom is -0.292 e. The van der Waals surface area contributed by atoms with E-state index < -0.39 is 0 Å². The summed E-state index contributed by atoms with van der Waals surface area (Å²) in [6.45, 7) is 1.99. The van der Waals surface area contributed by atoms with Crippen molar-refractivity contribution < 1.29 is 9.59 Å². The highest BCUT2D eigenvalue weighted by Crippen LogP contribution is 2.19. The number of Topliss-reactive ketones (excluding diaryl/α,β-unsaturated/α-hetero) is 2. The average Bonchev–Trinajstić information content (AvgIpc) is 2.81. The van der Waals surface area contributed by atoms with E-state index >= 15 is 0 Å². The highest BCUT2D eigenvalue weighted by molar-refractivity contribution is 6.49. The number of rotatable bonds is 3. The lowest BCUT2D eigenvalue weighted by Gasteiger charge is -2.01. The van der Waals surface area contributed by atoms with Gasteiger partial charge in [0.1, 0.15) is 12.3 Å². The molecule has 21 heavy (non-hydrogen) atoms. The third-order valence-electron chi connectivity index (χ3n) is 3.64. The van der Waals surface area contributed by atoms with Gasteiger partial charge in [0.05, 0.1) is 0 Å². The molecule has 104 valence electrons. The number of carbonyl (C=O) groups excluding carboxylic acids is 2. The van der Waals surface area contributed by atoms with Crippen LogP contribution in [0.4, 0.5) is 0 Å². The smallest absolute Gasteiger partial charge is 0.185 e. The quantitative estimate of drug-likeness (QED) is 0.810. The molecule has 0 atom stereocenters. The van der Waals surface area contributed by atoms with E-state index in [1.165, 1.54) is 0 Å². The van der Waals surface area contributed by atoms with Crippen LogP contribution < -0.4 is 0 Å². The van der Waals surface area contributed by atoms with E-state index in [0.29, 0.717) is 17.7 Å². The molecule has 0 amide bonds. The molecule has 0 spiro atoms. The summed E-state index contributed by atoms with van der Waals surface area (Å²) in [5.74, 6) is -0.0763. The summed E-state index contributed by atoms with van der Waals surface area (Å²) in [6, 6.07) is 15.0. The number of nitrogens with zero attached hydrogens (tertiary/aromatic N) is 1. The van der Waals surface area contributed by atoms with Gasteiger partial charge in [-0.3, -0.25) is 14.6 Å². The number of benzene rings is 2. The molecule has 0 saturated carbocycles. The molecule has 3 rings (SSSR count). The number of carbonyl (C=O) groups is 2. The number of hydrogen-bond acceptors (Lipinski definition) is 3. The Labute approximate surface area is 123 Å². The Bertz CT molecular complexity index is 742. The SMILES string of the molecule is Cc1ccc(C(=O)CN=C2C(=O)Cc3ccccc32)cc1. The summed E-state index contributed by atoms with van der Waals surface area (Å²) in [6.07, 6.45) is 0.383. The van der Waals surface area contributed by atoms with E-state index in [4.69, 9.17) is 0 Å². The Kier molecular flexibility index (Phi) is 3.48. The van der Waals surface area contributed by atoms with Crippen molar-refractivity contribution >= 4 is 17.3 Å². The maximum Gasteiger partial charge on any atom is 0.185 e. The van der Waals surface area contributed by atoms with Gasteiger partial charge in [-0.05, 0) is 12.5 Å². The lowest BCUT2D eigenvalue weighted by Crippen LogP contribution is -2.12. The third kappa shape index (κ3) is 2.68. The van der Waals surface area contributed by atoms with Gasteiger partial charge in [0.25, 0.3) is 0 Å². The Morgan fingerprint density at radius 3 is 2.57 bits per heavy atom. The average molecular weight is 277 g/mol. The Hall–Kier alpha value is -2.55. The predicted molar refractivity (Wildman–Crippen MR) is 82.1 cm³/mol. The molecule has 0 saturated heterocycles. The van der Waals surface area contributed by atoms with Crippen LogP contribution in [-0.2, 0) is 11.2 Å². The Balaban J connectivity index is 1.82. The zero-order chi connectivity index (χ0) is 14.8. The summed E-state index contributed by atoms with van der Waals surface area (Å²) in [5, 5.41) is 0. The number of ketones is 2. The summed E-state index contributed by atoms with van der Waals surface area (Å²) in [4.78, 5) is 28.4. The number of aliphatic imine (C=N–C) groups is 1.